The molecule has 0 saturated carbocycles. The number of hydrogen-bond donors (Lipinski definition) is 0. The molecule has 0 atom stereocenters. The van der Waals surface area contributed by atoms with Gasteiger partial charge in [-0.1, -0.05) is 23.7 Å². The second-order valence-electron chi connectivity index (χ2n) is 3.53. The summed E-state index contributed by atoms with van der Waals surface area (Å²) in [4.78, 5) is 0. The topological polar surface area (TPSA) is 17.8 Å². The van der Waals surface area contributed by atoms with Gasteiger partial charge < -0.3 is 0 Å². The first-order valence-corrected chi connectivity index (χ1v) is 5.18. The van der Waals surface area contributed by atoms with Crippen molar-refractivity contribution in [2.75, 3.05) is 0 Å². The Bertz CT molecular complexity index is 519. The van der Waals surface area contributed by atoms with E-state index in [9.17, 15) is 13.2 Å². The summed E-state index contributed by atoms with van der Waals surface area (Å²) in [6, 6.07) is 7.86. The lowest BCUT2D eigenvalue weighted by Gasteiger charge is -2.03. The van der Waals surface area contributed by atoms with Gasteiger partial charge in [0.2, 0.25) is 0 Å². The average molecular weight is 261 g/mol. The van der Waals surface area contributed by atoms with E-state index in [0.717, 1.165) is 11.6 Å². The number of halogens is 4. The van der Waals surface area contributed by atoms with Crippen LogP contribution < -0.4 is 0 Å². The molecule has 1 heterocycles. The van der Waals surface area contributed by atoms with E-state index in [1.807, 2.05) is 0 Å². The molecule has 2 rings (SSSR count). The van der Waals surface area contributed by atoms with Crippen molar-refractivity contribution in [2.24, 2.45) is 0 Å². The van der Waals surface area contributed by atoms with Gasteiger partial charge in [0.25, 0.3) is 0 Å². The molecule has 0 amide bonds. The Hall–Kier alpha value is -1.49. The van der Waals surface area contributed by atoms with Gasteiger partial charge in [0.15, 0.2) is 5.69 Å². The maximum absolute atomic E-state index is 12.3. The first-order valence-electron chi connectivity index (χ1n) is 4.80. The third-order valence-corrected chi connectivity index (χ3v) is 2.40. The minimum absolute atomic E-state index is 0.261. The van der Waals surface area contributed by atoms with E-state index in [-0.39, 0.29) is 6.54 Å². The monoisotopic (exact) mass is 260 g/mol. The van der Waals surface area contributed by atoms with E-state index in [0.29, 0.717) is 5.02 Å². The summed E-state index contributed by atoms with van der Waals surface area (Å²) in [7, 11) is 0. The molecule has 0 aliphatic heterocycles. The molecule has 0 bridgehead atoms. The number of benzene rings is 1. The summed E-state index contributed by atoms with van der Waals surface area (Å²) < 4.78 is 38.2. The predicted octanol–water partition coefficient (Wildman–Crippen LogP) is 3.60. The fraction of sp³-hybridized carbons (Fsp3) is 0.182. The van der Waals surface area contributed by atoms with Crippen LogP contribution in [0.3, 0.4) is 0 Å². The molecule has 0 aliphatic carbocycles. The summed E-state index contributed by atoms with van der Waals surface area (Å²) in [6.45, 7) is 0.261. The molecular formula is C11H8ClF3N2. The third kappa shape index (κ3) is 3.00. The highest BCUT2D eigenvalue weighted by molar-refractivity contribution is 6.30. The molecule has 0 spiro atoms. The number of rotatable bonds is 2. The van der Waals surface area contributed by atoms with Crippen molar-refractivity contribution in [3.8, 4) is 0 Å². The Balaban J connectivity index is 2.17. The summed E-state index contributed by atoms with van der Waals surface area (Å²) in [5.74, 6) is 0. The first kappa shape index (κ1) is 12.0. The van der Waals surface area contributed by atoms with E-state index < -0.39 is 11.9 Å². The van der Waals surface area contributed by atoms with Crippen LogP contribution in [0.15, 0.2) is 36.5 Å². The van der Waals surface area contributed by atoms with Crippen LogP contribution in [0.2, 0.25) is 5.02 Å². The third-order valence-electron chi connectivity index (χ3n) is 2.16. The summed E-state index contributed by atoms with van der Waals surface area (Å²) in [6.07, 6.45) is -3.11. The standard InChI is InChI=1S/C11H8ClF3N2/c12-9-3-1-2-8(6-9)7-17-5-4-10(16-17)11(13,14)15/h1-6H,7H2. The minimum Gasteiger partial charge on any atom is -0.268 e. The van der Waals surface area contributed by atoms with Gasteiger partial charge in [-0.2, -0.15) is 18.3 Å². The van der Waals surface area contributed by atoms with Crippen molar-refractivity contribution < 1.29 is 13.2 Å². The van der Waals surface area contributed by atoms with Crippen LogP contribution in [-0.2, 0) is 12.7 Å². The largest absolute Gasteiger partial charge is 0.435 e. The lowest BCUT2D eigenvalue weighted by atomic mass is 10.2. The number of alkyl halides is 3. The molecule has 2 nitrogen and oxygen atoms in total. The fourth-order valence-corrected chi connectivity index (χ4v) is 1.64. The van der Waals surface area contributed by atoms with E-state index >= 15 is 0 Å². The number of hydrogen-bond acceptors (Lipinski definition) is 1. The highest BCUT2D eigenvalue weighted by Gasteiger charge is 2.33. The van der Waals surface area contributed by atoms with Crippen molar-refractivity contribution in [1.29, 1.82) is 0 Å². The van der Waals surface area contributed by atoms with Gasteiger partial charge in [0, 0.05) is 11.2 Å². The smallest absolute Gasteiger partial charge is 0.268 e. The second kappa shape index (κ2) is 4.41. The van der Waals surface area contributed by atoms with Crippen LogP contribution in [0.25, 0.3) is 0 Å². The molecule has 0 N–H and O–H groups in total. The van der Waals surface area contributed by atoms with Gasteiger partial charge in [0.05, 0.1) is 6.54 Å². The lowest BCUT2D eigenvalue weighted by Crippen LogP contribution is -2.08. The fourth-order valence-electron chi connectivity index (χ4n) is 1.42. The van der Waals surface area contributed by atoms with Crippen LogP contribution in [0.5, 0.6) is 0 Å². The van der Waals surface area contributed by atoms with Gasteiger partial charge in [-0.25, -0.2) is 0 Å². The molecule has 0 saturated heterocycles. The highest BCUT2D eigenvalue weighted by Crippen LogP contribution is 2.27. The van der Waals surface area contributed by atoms with Gasteiger partial charge in [-0.15, -0.1) is 0 Å². The van der Waals surface area contributed by atoms with Crippen LogP contribution in [0.1, 0.15) is 11.3 Å². The Morgan fingerprint density at radius 1 is 1.24 bits per heavy atom. The van der Waals surface area contributed by atoms with Gasteiger partial charge in [-0.05, 0) is 23.8 Å². The van der Waals surface area contributed by atoms with Crippen molar-refractivity contribution >= 4 is 11.6 Å². The molecule has 6 heteroatoms. The van der Waals surface area contributed by atoms with E-state index in [2.05, 4.69) is 5.10 Å². The number of aromatic nitrogens is 2. The Morgan fingerprint density at radius 3 is 2.59 bits per heavy atom. The Kier molecular flexibility index (Phi) is 3.11. The zero-order valence-corrected chi connectivity index (χ0v) is 9.33. The Labute approximate surface area is 101 Å². The molecule has 0 aliphatic rings. The SMILES string of the molecule is FC(F)(F)c1ccn(Cc2cccc(Cl)c2)n1. The van der Waals surface area contributed by atoms with Crippen LogP contribution in [0.4, 0.5) is 13.2 Å². The minimum atomic E-state index is -4.40. The maximum atomic E-state index is 12.3. The number of nitrogens with zero attached hydrogens (tertiary/aromatic N) is 2. The molecule has 0 radical (unpaired) electrons. The normalized spacial score (nSPS) is 11.8. The van der Waals surface area contributed by atoms with Crippen molar-refractivity contribution in [2.45, 2.75) is 12.7 Å². The predicted molar refractivity (Wildman–Crippen MR) is 57.8 cm³/mol. The molecular weight excluding hydrogens is 253 g/mol. The summed E-state index contributed by atoms with van der Waals surface area (Å²) in [5.41, 5.74) is -0.0890. The summed E-state index contributed by atoms with van der Waals surface area (Å²) in [5, 5.41) is 4.00. The zero-order valence-electron chi connectivity index (χ0n) is 8.58. The van der Waals surface area contributed by atoms with Gasteiger partial charge in [-0.3, -0.25) is 4.68 Å². The zero-order chi connectivity index (χ0) is 12.5. The molecule has 1 aromatic carbocycles. The molecule has 0 unspecified atom stereocenters. The quantitative estimate of drug-likeness (QED) is 0.807. The maximum Gasteiger partial charge on any atom is 0.435 e. The van der Waals surface area contributed by atoms with E-state index in [1.54, 1.807) is 24.3 Å². The van der Waals surface area contributed by atoms with Crippen LogP contribution in [-0.4, -0.2) is 9.78 Å². The first-order chi connectivity index (χ1) is 7.95. The lowest BCUT2D eigenvalue weighted by molar-refractivity contribution is -0.141. The van der Waals surface area contributed by atoms with Crippen LogP contribution in [0, 0.1) is 0 Å². The van der Waals surface area contributed by atoms with E-state index in [4.69, 9.17) is 11.6 Å². The summed E-state index contributed by atoms with van der Waals surface area (Å²) >= 11 is 5.78. The molecule has 0 fully saturated rings. The van der Waals surface area contributed by atoms with Gasteiger partial charge >= 0.3 is 6.18 Å². The van der Waals surface area contributed by atoms with Crippen LogP contribution >= 0.6 is 11.6 Å². The highest BCUT2D eigenvalue weighted by atomic mass is 35.5. The second-order valence-corrected chi connectivity index (χ2v) is 3.96. The van der Waals surface area contributed by atoms with Crippen molar-refractivity contribution in [1.82, 2.24) is 9.78 Å². The molecule has 2 aromatic rings. The Morgan fingerprint density at radius 2 is 2.00 bits per heavy atom. The van der Waals surface area contributed by atoms with E-state index in [1.165, 1.54) is 10.9 Å². The van der Waals surface area contributed by atoms with Gasteiger partial charge in [0.1, 0.15) is 0 Å². The molecule has 17 heavy (non-hydrogen) atoms. The van der Waals surface area contributed by atoms with Crippen molar-refractivity contribution in [3.05, 3.63) is 52.8 Å². The average Bonchev–Trinajstić information content (AvgIpc) is 2.65. The van der Waals surface area contributed by atoms with Crippen molar-refractivity contribution in [3.63, 3.8) is 0 Å². The molecule has 90 valence electrons. The molecule has 1 aromatic heterocycles.